The monoisotopic (exact) mass is 256 g/mol. The molecule has 0 aromatic carbocycles. The average molecular weight is 256 g/mol. The number of carboxylic acids is 1. The second-order valence-electron chi connectivity index (χ2n) is 5.33. The summed E-state index contributed by atoms with van der Waals surface area (Å²) < 4.78 is 0. The molecule has 1 fully saturated rings. The Morgan fingerprint density at radius 1 is 1.44 bits per heavy atom. The zero-order valence-corrected chi connectivity index (χ0v) is 11.7. The maximum absolute atomic E-state index is 12.2. The van der Waals surface area contributed by atoms with Gasteiger partial charge in [0.1, 0.15) is 6.04 Å². The van der Waals surface area contributed by atoms with E-state index in [0.29, 0.717) is 18.9 Å². The van der Waals surface area contributed by atoms with E-state index in [4.69, 9.17) is 0 Å². The minimum Gasteiger partial charge on any atom is -0.480 e. The fourth-order valence-corrected chi connectivity index (χ4v) is 2.30. The Morgan fingerprint density at radius 3 is 2.50 bits per heavy atom. The molecule has 1 aliphatic heterocycles. The van der Waals surface area contributed by atoms with E-state index in [1.165, 1.54) is 4.90 Å². The number of aliphatic carboxylic acids is 1. The number of amides is 2. The molecule has 0 saturated carbocycles. The van der Waals surface area contributed by atoms with Gasteiger partial charge in [-0.05, 0) is 32.6 Å². The van der Waals surface area contributed by atoms with Gasteiger partial charge in [-0.1, -0.05) is 13.3 Å². The van der Waals surface area contributed by atoms with Crippen LogP contribution in [-0.4, -0.2) is 52.6 Å². The van der Waals surface area contributed by atoms with E-state index in [2.05, 4.69) is 6.92 Å². The number of hydrogen-bond donors (Lipinski definition) is 1. The molecule has 2 unspecified atom stereocenters. The number of rotatable bonds is 3. The topological polar surface area (TPSA) is 60.9 Å². The van der Waals surface area contributed by atoms with E-state index in [9.17, 15) is 14.7 Å². The molecule has 1 rings (SSSR count). The largest absolute Gasteiger partial charge is 0.480 e. The summed E-state index contributed by atoms with van der Waals surface area (Å²) in [6, 6.07) is -0.764. The first-order chi connectivity index (χ1) is 8.38. The number of urea groups is 1. The minimum absolute atomic E-state index is 0.0795. The molecule has 5 heteroatoms. The van der Waals surface area contributed by atoms with Gasteiger partial charge in [-0.3, -0.25) is 0 Å². The Balaban J connectivity index is 2.80. The van der Waals surface area contributed by atoms with Crippen LogP contribution >= 0.6 is 0 Å². The fraction of sp³-hybridized carbons (Fsp3) is 0.846. The van der Waals surface area contributed by atoms with Gasteiger partial charge < -0.3 is 14.9 Å². The van der Waals surface area contributed by atoms with Crippen LogP contribution in [0.2, 0.25) is 0 Å². The third-order valence-electron chi connectivity index (χ3n) is 3.90. The lowest BCUT2D eigenvalue weighted by atomic mass is 9.89. The van der Waals surface area contributed by atoms with Crippen LogP contribution in [-0.2, 0) is 4.79 Å². The first-order valence-corrected chi connectivity index (χ1v) is 6.64. The highest BCUT2D eigenvalue weighted by Crippen LogP contribution is 2.26. The van der Waals surface area contributed by atoms with E-state index < -0.39 is 12.0 Å². The molecule has 104 valence electrons. The third kappa shape index (κ3) is 3.15. The Hall–Kier alpha value is -1.26. The summed E-state index contributed by atoms with van der Waals surface area (Å²) in [6.07, 6.45) is 2.45. The van der Waals surface area contributed by atoms with Gasteiger partial charge >= 0.3 is 12.0 Å². The summed E-state index contributed by atoms with van der Waals surface area (Å²) in [4.78, 5) is 26.7. The molecule has 0 spiro atoms. The molecule has 0 aliphatic carbocycles. The standard InChI is InChI=1S/C13H24N2O3/c1-5-10-6-7-15(11(8-10)12(16)17)13(18)14(4)9(2)3/h9-11H,5-8H2,1-4H3,(H,16,17). The Kier molecular flexibility index (Phi) is 4.99. The third-order valence-corrected chi connectivity index (χ3v) is 3.90. The van der Waals surface area contributed by atoms with Gasteiger partial charge in [0.05, 0.1) is 0 Å². The van der Waals surface area contributed by atoms with Crippen molar-refractivity contribution in [2.45, 2.75) is 52.1 Å². The summed E-state index contributed by atoms with van der Waals surface area (Å²) in [6.45, 7) is 6.46. The molecule has 2 atom stereocenters. The van der Waals surface area contributed by atoms with Crippen molar-refractivity contribution in [2.24, 2.45) is 5.92 Å². The summed E-state index contributed by atoms with van der Waals surface area (Å²) in [5.41, 5.74) is 0. The number of carbonyl (C=O) groups excluding carboxylic acids is 1. The summed E-state index contributed by atoms with van der Waals surface area (Å²) in [5, 5.41) is 9.28. The maximum Gasteiger partial charge on any atom is 0.326 e. The van der Waals surface area contributed by atoms with Crippen LogP contribution in [0.1, 0.15) is 40.0 Å². The van der Waals surface area contributed by atoms with Gasteiger partial charge in [0.2, 0.25) is 0 Å². The van der Waals surface area contributed by atoms with Crippen LogP contribution in [0.5, 0.6) is 0 Å². The number of carboxylic acid groups (broad SMARTS) is 1. The van der Waals surface area contributed by atoms with E-state index in [1.807, 2.05) is 13.8 Å². The maximum atomic E-state index is 12.2. The van der Waals surface area contributed by atoms with Crippen LogP contribution in [0, 0.1) is 5.92 Å². The smallest absolute Gasteiger partial charge is 0.326 e. The van der Waals surface area contributed by atoms with Crippen LogP contribution in [0.25, 0.3) is 0 Å². The Morgan fingerprint density at radius 2 is 2.06 bits per heavy atom. The molecule has 18 heavy (non-hydrogen) atoms. The minimum atomic E-state index is -0.890. The van der Waals surface area contributed by atoms with Gasteiger partial charge in [0.25, 0.3) is 0 Å². The van der Waals surface area contributed by atoms with Crippen LogP contribution in [0.4, 0.5) is 4.79 Å². The number of nitrogens with zero attached hydrogens (tertiary/aromatic N) is 2. The van der Waals surface area contributed by atoms with Crippen molar-refractivity contribution in [2.75, 3.05) is 13.6 Å². The van der Waals surface area contributed by atoms with E-state index in [1.54, 1.807) is 11.9 Å². The van der Waals surface area contributed by atoms with Gasteiger partial charge in [-0.15, -0.1) is 0 Å². The fourth-order valence-electron chi connectivity index (χ4n) is 2.30. The highest BCUT2D eigenvalue weighted by atomic mass is 16.4. The molecule has 5 nitrogen and oxygen atoms in total. The Bertz CT molecular complexity index is 317. The predicted octanol–water partition coefficient (Wildman–Crippen LogP) is 2.02. The number of likely N-dealkylation sites (tertiary alicyclic amines) is 1. The molecular weight excluding hydrogens is 232 g/mol. The zero-order valence-electron chi connectivity index (χ0n) is 11.7. The van der Waals surface area contributed by atoms with Crippen LogP contribution < -0.4 is 0 Å². The van der Waals surface area contributed by atoms with E-state index in [0.717, 1.165) is 12.8 Å². The zero-order chi connectivity index (χ0) is 13.9. The van der Waals surface area contributed by atoms with E-state index in [-0.39, 0.29) is 12.1 Å². The number of hydrogen-bond acceptors (Lipinski definition) is 2. The molecular formula is C13H24N2O3. The van der Waals surface area contributed by atoms with Crippen molar-refractivity contribution in [1.29, 1.82) is 0 Å². The van der Waals surface area contributed by atoms with Crippen molar-refractivity contribution in [1.82, 2.24) is 9.80 Å². The summed E-state index contributed by atoms with van der Waals surface area (Å²) in [7, 11) is 1.72. The van der Waals surface area contributed by atoms with E-state index >= 15 is 0 Å². The first-order valence-electron chi connectivity index (χ1n) is 6.64. The molecule has 1 N–H and O–H groups in total. The highest BCUT2D eigenvalue weighted by Gasteiger charge is 2.37. The molecule has 1 saturated heterocycles. The van der Waals surface area contributed by atoms with Gasteiger partial charge in [0.15, 0.2) is 0 Å². The predicted molar refractivity (Wildman–Crippen MR) is 69.4 cm³/mol. The number of carbonyl (C=O) groups is 2. The normalized spacial score (nSPS) is 24.2. The molecule has 0 aromatic heterocycles. The lowest BCUT2D eigenvalue weighted by molar-refractivity contribution is -0.144. The van der Waals surface area contributed by atoms with Crippen molar-refractivity contribution in [3.63, 3.8) is 0 Å². The van der Waals surface area contributed by atoms with Gasteiger partial charge in [0, 0.05) is 19.6 Å². The summed E-state index contributed by atoms with van der Waals surface area (Å²) in [5.74, 6) is -0.474. The second-order valence-corrected chi connectivity index (χ2v) is 5.33. The van der Waals surface area contributed by atoms with Crippen molar-refractivity contribution >= 4 is 12.0 Å². The first kappa shape index (κ1) is 14.8. The molecule has 2 amide bonds. The lowest BCUT2D eigenvalue weighted by Gasteiger charge is -2.39. The van der Waals surface area contributed by atoms with Crippen LogP contribution in [0.15, 0.2) is 0 Å². The molecule has 0 aromatic rings. The molecule has 1 aliphatic rings. The molecule has 0 radical (unpaired) electrons. The van der Waals surface area contributed by atoms with Crippen LogP contribution in [0.3, 0.4) is 0 Å². The second kappa shape index (κ2) is 6.07. The molecule has 1 heterocycles. The van der Waals surface area contributed by atoms with Crippen molar-refractivity contribution in [3.05, 3.63) is 0 Å². The van der Waals surface area contributed by atoms with Crippen molar-refractivity contribution < 1.29 is 14.7 Å². The van der Waals surface area contributed by atoms with Crippen molar-refractivity contribution in [3.8, 4) is 0 Å². The lowest BCUT2D eigenvalue weighted by Crippen LogP contribution is -2.54. The Labute approximate surface area is 109 Å². The average Bonchev–Trinajstić information content (AvgIpc) is 2.35. The van der Waals surface area contributed by atoms with Gasteiger partial charge in [-0.2, -0.15) is 0 Å². The quantitative estimate of drug-likeness (QED) is 0.840. The van der Waals surface area contributed by atoms with Gasteiger partial charge in [-0.25, -0.2) is 9.59 Å². The molecule has 0 bridgehead atoms. The SMILES string of the molecule is CCC1CCN(C(=O)N(C)C(C)C)C(C(=O)O)C1. The summed E-state index contributed by atoms with van der Waals surface area (Å²) >= 11 is 0. The highest BCUT2D eigenvalue weighted by molar-refractivity contribution is 5.83. The number of piperidine rings is 1.